The predicted octanol–water partition coefficient (Wildman–Crippen LogP) is 5.67. The van der Waals surface area contributed by atoms with E-state index in [2.05, 4.69) is 16.0 Å². The maximum absolute atomic E-state index is 13.3. The zero-order valence-corrected chi connectivity index (χ0v) is 22.2. The molecule has 1 amide bonds. The molecule has 2 fully saturated rings. The average molecular weight is 534 g/mol. The number of likely N-dealkylation sites (tertiary alicyclic amines) is 1. The van der Waals surface area contributed by atoms with Crippen LogP contribution in [0.4, 0.5) is 5.82 Å². The molecular weight excluding hydrogens is 502 g/mol. The van der Waals surface area contributed by atoms with Crippen molar-refractivity contribution < 1.29 is 9.53 Å². The summed E-state index contributed by atoms with van der Waals surface area (Å²) in [5.41, 5.74) is 8.77. The summed E-state index contributed by atoms with van der Waals surface area (Å²) in [6, 6.07) is 19.4. The largest absolute Gasteiger partial charge is 0.457 e. The molecule has 2 aromatic heterocycles. The van der Waals surface area contributed by atoms with Crippen LogP contribution in [0.3, 0.4) is 0 Å². The van der Waals surface area contributed by atoms with Gasteiger partial charge in [-0.25, -0.2) is 14.6 Å². The quantitative estimate of drug-likeness (QED) is 0.250. The lowest BCUT2D eigenvalue weighted by Crippen LogP contribution is -2.41. The van der Waals surface area contributed by atoms with E-state index in [4.69, 9.17) is 15.6 Å². The number of ether oxygens (including phenoxy) is 1. The minimum absolute atomic E-state index is 0.102. The third-order valence-corrected chi connectivity index (χ3v) is 7.81. The summed E-state index contributed by atoms with van der Waals surface area (Å²) in [7, 11) is 0. The molecule has 9 heteroatoms. The van der Waals surface area contributed by atoms with E-state index >= 15 is 0 Å². The first-order chi connectivity index (χ1) is 19.6. The highest BCUT2D eigenvalue weighted by Crippen LogP contribution is 2.35. The minimum atomic E-state index is -0.195. The molecule has 9 nitrogen and oxygen atoms in total. The number of fused-ring (bicyclic) bond motifs is 1. The van der Waals surface area contributed by atoms with Crippen LogP contribution in [0.2, 0.25) is 0 Å². The van der Waals surface area contributed by atoms with Crippen LogP contribution in [0.5, 0.6) is 11.5 Å². The summed E-state index contributed by atoms with van der Waals surface area (Å²) >= 11 is 0. The molecule has 2 N–H and O–H groups in total. The number of rotatable bonds is 6. The number of piperidine rings is 1. The van der Waals surface area contributed by atoms with Crippen LogP contribution in [0, 0.1) is 17.2 Å². The van der Waals surface area contributed by atoms with Crippen molar-refractivity contribution in [1.82, 2.24) is 24.6 Å². The summed E-state index contributed by atoms with van der Waals surface area (Å²) in [4.78, 5) is 23.9. The number of nitrogens with two attached hydrogens (primary N) is 1. The molecule has 0 bridgehead atoms. The van der Waals surface area contributed by atoms with Crippen LogP contribution in [0.15, 0.2) is 72.6 Å². The van der Waals surface area contributed by atoms with Crippen LogP contribution in [-0.4, -0.2) is 43.6 Å². The Morgan fingerprint density at radius 3 is 2.50 bits per heavy atom. The molecule has 202 valence electrons. The maximum Gasteiger partial charge on any atom is 0.264 e. The standard InChI is InChI=1S/C31H31N7O2/c32-18-23(17-21-7-4-5-8-21)31(39)37-16-6-9-24(19-37)38-30-27(29(33)34-20-35-30)28(36-38)22-12-14-26(15-13-22)40-25-10-2-1-3-11-25/h1-3,10-15,17,20-21,24H,4-9,16,19H2,(H2,33,34,35)/b23-17+/t24-/m1/s1. The van der Waals surface area contributed by atoms with Gasteiger partial charge >= 0.3 is 0 Å². The molecule has 2 aliphatic rings. The number of nitrogen functional groups attached to an aromatic ring is 1. The third-order valence-electron chi connectivity index (χ3n) is 7.81. The molecule has 0 spiro atoms. The van der Waals surface area contributed by atoms with Crippen molar-refractivity contribution in [1.29, 1.82) is 5.26 Å². The predicted molar refractivity (Wildman–Crippen MR) is 152 cm³/mol. The van der Waals surface area contributed by atoms with Crippen molar-refractivity contribution in [3.8, 4) is 28.8 Å². The Morgan fingerprint density at radius 1 is 1.00 bits per heavy atom. The summed E-state index contributed by atoms with van der Waals surface area (Å²) in [5, 5.41) is 15.4. The topological polar surface area (TPSA) is 123 Å². The Bertz CT molecular complexity index is 1580. The maximum atomic E-state index is 13.3. The van der Waals surface area contributed by atoms with Crippen molar-refractivity contribution in [2.45, 2.75) is 44.6 Å². The van der Waals surface area contributed by atoms with E-state index in [1.807, 2.05) is 65.4 Å². The fourth-order valence-corrected chi connectivity index (χ4v) is 5.78. The first-order valence-electron chi connectivity index (χ1n) is 13.8. The highest BCUT2D eigenvalue weighted by Gasteiger charge is 2.30. The number of carbonyl (C=O) groups is 1. The number of para-hydroxylation sites is 1. The molecule has 0 unspecified atom stereocenters. The SMILES string of the molecule is N#C/C(=C\C1CCCC1)C(=O)N1CCC[C@@H](n2nc(-c3ccc(Oc4ccccc4)cc3)c3c(N)ncnc32)C1. The van der Waals surface area contributed by atoms with Gasteiger partial charge < -0.3 is 15.4 Å². The molecule has 1 atom stereocenters. The van der Waals surface area contributed by atoms with Crippen molar-refractivity contribution in [3.63, 3.8) is 0 Å². The van der Waals surface area contributed by atoms with Crippen LogP contribution >= 0.6 is 0 Å². The van der Waals surface area contributed by atoms with Crippen LogP contribution in [0.25, 0.3) is 22.3 Å². The van der Waals surface area contributed by atoms with Gasteiger partial charge in [-0.15, -0.1) is 0 Å². The highest BCUT2D eigenvalue weighted by atomic mass is 16.5. The van der Waals surface area contributed by atoms with Crippen LogP contribution < -0.4 is 10.5 Å². The number of nitriles is 1. The Labute approximate surface area is 232 Å². The number of hydrogen-bond donors (Lipinski definition) is 1. The van der Waals surface area contributed by atoms with E-state index in [-0.39, 0.29) is 17.5 Å². The van der Waals surface area contributed by atoms with E-state index < -0.39 is 0 Å². The number of aromatic nitrogens is 4. The second-order valence-corrected chi connectivity index (χ2v) is 10.5. The van der Waals surface area contributed by atoms with Crippen molar-refractivity contribution >= 4 is 22.8 Å². The minimum Gasteiger partial charge on any atom is -0.457 e. The summed E-state index contributed by atoms with van der Waals surface area (Å²) < 4.78 is 7.82. The Kier molecular flexibility index (Phi) is 7.15. The molecule has 2 aromatic carbocycles. The first-order valence-corrected chi connectivity index (χ1v) is 13.8. The lowest BCUT2D eigenvalue weighted by atomic mass is 10.0. The number of carbonyl (C=O) groups excluding carboxylic acids is 1. The summed E-state index contributed by atoms with van der Waals surface area (Å²) in [5.74, 6) is 1.95. The Hall–Kier alpha value is -4.71. The molecule has 40 heavy (non-hydrogen) atoms. The molecule has 1 saturated carbocycles. The first kappa shape index (κ1) is 25.6. The van der Waals surface area contributed by atoms with Gasteiger partial charge in [0.1, 0.15) is 41.0 Å². The molecule has 1 aliphatic carbocycles. The summed E-state index contributed by atoms with van der Waals surface area (Å²) in [6.07, 6.45) is 9.38. The Morgan fingerprint density at radius 2 is 1.75 bits per heavy atom. The van der Waals surface area contributed by atoms with Gasteiger partial charge in [0.15, 0.2) is 5.65 Å². The number of nitrogens with zero attached hydrogens (tertiary/aromatic N) is 6. The third kappa shape index (κ3) is 5.13. The molecular formula is C31H31N7O2. The van der Waals surface area contributed by atoms with Gasteiger partial charge in [-0.2, -0.15) is 10.4 Å². The second kappa shape index (κ2) is 11.2. The molecule has 1 aliphatic heterocycles. The molecule has 0 radical (unpaired) electrons. The normalized spacial score (nSPS) is 18.1. The zero-order chi connectivity index (χ0) is 27.5. The Balaban J connectivity index is 1.28. The van der Waals surface area contributed by atoms with E-state index in [1.165, 1.54) is 6.33 Å². The fraction of sp³-hybridized carbons (Fsp3) is 0.323. The lowest BCUT2D eigenvalue weighted by Gasteiger charge is -2.33. The smallest absolute Gasteiger partial charge is 0.264 e. The molecule has 3 heterocycles. The van der Waals surface area contributed by atoms with Gasteiger partial charge in [0.2, 0.25) is 0 Å². The number of anilines is 1. The van der Waals surface area contributed by atoms with Gasteiger partial charge in [-0.3, -0.25) is 4.79 Å². The van der Waals surface area contributed by atoms with E-state index in [0.29, 0.717) is 47.3 Å². The highest BCUT2D eigenvalue weighted by molar-refractivity contribution is 5.99. The number of benzene rings is 2. The molecule has 4 aromatic rings. The van der Waals surface area contributed by atoms with Crippen LogP contribution in [-0.2, 0) is 4.79 Å². The zero-order valence-electron chi connectivity index (χ0n) is 22.2. The number of amides is 1. The fourth-order valence-electron chi connectivity index (χ4n) is 5.78. The average Bonchev–Trinajstić information content (AvgIpc) is 3.65. The van der Waals surface area contributed by atoms with E-state index in [0.717, 1.165) is 49.8 Å². The second-order valence-electron chi connectivity index (χ2n) is 10.5. The van der Waals surface area contributed by atoms with Gasteiger partial charge in [0, 0.05) is 18.7 Å². The van der Waals surface area contributed by atoms with E-state index in [1.54, 1.807) is 4.90 Å². The monoisotopic (exact) mass is 533 g/mol. The van der Waals surface area contributed by atoms with Crippen molar-refractivity contribution in [3.05, 3.63) is 72.6 Å². The lowest BCUT2D eigenvalue weighted by molar-refractivity contribution is -0.128. The van der Waals surface area contributed by atoms with Gasteiger partial charge in [-0.1, -0.05) is 37.1 Å². The molecule has 1 saturated heterocycles. The van der Waals surface area contributed by atoms with Crippen molar-refractivity contribution in [2.24, 2.45) is 5.92 Å². The van der Waals surface area contributed by atoms with Gasteiger partial charge in [0.05, 0.1) is 11.4 Å². The van der Waals surface area contributed by atoms with Crippen LogP contribution in [0.1, 0.15) is 44.6 Å². The van der Waals surface area contributed by atoms with Gasteiger partial charge in [0.25, 0.3) is 5.91 Å². The number of hydrogen-bond acceptors (Lipinski definition) is 7. The van der Waals surface area contributed by atoms with Crippen molar-refractivity contribution in [2.75, 3.05) is 18.8 Å². The summed E-state index contributed by atoms with van der Waals surface area (Å²) in [6.45, 7) is 1.07. The van der Waals surface area contributed by atoms with E-state index in [9.17, 15) is 10.1 Å². The molecule has 6 rings (SSSR count). The number of allylic oxidation sites excluding steroid dienone is 1. The van der Waals surface area contributed by atoms with Gasteiger partial charge in [-0.05, 0) is 68.0 Å².